The highest BCUT2D eigenvalue weighted by Gasteiger charge is 2.17. The van der Waals surface area contributed by atoms with Crippen LogP contribution in [-0.2, 0) is 9.53 Å². The minimum atomic E-state index is -1.07. The van der Waals surface area contributed by atoms with E-state index in [-0.39, 0.29) is 6.42 Å². The number of amides is 2. The van der Waals surface area contributed by atoms with Gasteiger partial charge in [-0.3, -0.25) is 0 Å². The van der Waals surface area contributed by atoms with E-state index in [2.05, 4.69) is 17.2 Å². The van der Waals surface area contributed by atoms with Crippen molar-refractivity contribution >= 4 is 12.0 Å². The fourth-order valence-corrected chi connectivity index (χ4v) is 1.12. The molecule has 6 nitrogen and oxygen atoms in total. The van der Waals surface area contributed by atoms with Crippen LogP contribution in [-0.4, -0.2) is 42.9 Å². The summed E-state index contributed by atoms with van der Waals surface area (Å²) in [5.74, 6) is -1.07. The van der Waals surface area contributed by atoms with E-state index in [4.69, 9.17) is 9.84 Å². The average Bonchev–Trinajstić information content (AvgIpc) is 2.28. The Balaban J connectivity index is 3.75. The standard InChI is InChI=1S/C11H20N2O4/c1-3-6-9(10(14)15)13-11(16)12-7-5-8-17-4-2/h3,9H,1,4-8H2,2H3,(H,14,15)(H2,12,13,16). The van der Waals surface area contributed by atoms with Crippen LogP contribution in [0.4, 0.5) is 4.79 Å². The number of carbonyl (C=O) groups excluding carboxylic acids is 1. The lowest BCUT2D eigenvalue weighted by Gasteiger charge is -2.13. The first-order valence-corrected chi connectivity index (χ1v) is 5.57. The normalized spacial score (nSPS) is 11.6. The second kappa shape index (κ2) is 9.65. The molecule has 0 aliphatic rings. The van der Waals surface area contributed by atoms with Gasteiger partial charge in [0.2, 0.25) is 0 Å². The molecule has 0 aromatic carbocycles. The van der Waals surface area contributed by atoms with Crippen molar-refractivity contribution in [1.29, 1.82) is 0 Å². The highest BCUT2D eigenvalue weighted by Crippen LogP contribution is 1.92. The summed E-state index contributed by atoms with van der Waals surface area (Å²) in [5, 5.41) is 13.7. The molecule has 0 aromatic rings. The predicted octanol–water partition coefficient (Wildman–Crippen LogP) is 0.741. The fourth-order valence-electron chi connectivity index (χ4n) is 1.12. The van der Waals surface area contributed by atoms with Gasteiger partial charge in [-0.25, -0.2) is 9.59 Å². The zero-order valence-electron chi connectivity index (χ0n) is 10.1. The number of hydrogen-bond acceptors (Lipinski definition) is 3. The van der Waals surface area contributed by atoms with Gasteiger partial charge >= 0.3 is 12.0 Å². The van der Waals surface area contributed by atoms with E-state index >= 15 is 0 Å². The first-order valence-electron chi connectivity index (χ1n) is 5.57. The molecular formula is C11H20N2O4. The van der Waals surface area contributed by atoms with Gasteiger partial charge in [-0.2, -0.15) is 0 Å². The van der Waals surface area contributed by atoms with Crippen molar-refractivity contribution in [3.8, 4) is 0 Å². The molecule has 0 radical (unpaired) electrons. The quantitative estimate of drug-likeness (QED) is 0.412. The number of aliphatic carboxylic acids is 1. The number of carboxylic acids is 1. The molecule has 0 aliphatic carbocycles. The van der Waals surface area contributed by atoms with Crippen molar-refractivity contribution < 1.29 is 19.4 Å². The van der Waals surface area contributed by atoms with Gasteiger partial charge in [0.1, 0.15) is 6.04 Å². The summed E-state index contributed by atoms with van der Waals surface area (Å²) >= 11 is 0. The van der Waals surface area contributed by atoms with Gasteiger partial charge < -0.3 is 20.5 Å². The third-order valence-electron chi connectivity index (χ3n) is 1.96. The van der Waals surface area contributed by atoms with Crippen LogP contribution in [0.2, 0.25) is 0 Å². The molecular weight excluding hydrogens is 224 g/mol. The number of ether oxygens (including phenoxy) is 1. The van der Waals surface area contributed by atoms with Gasteiger partial charge in [0, 0.05) is 19.8 Å². The smallest absolute Gasteiger partial charge is 0.326 e. The summed E-state index contributed by atoms with van der Waals surface area (Å²) in [5.41, 5.74) is 0. The molecule has 17 heavy (non-hydrogen) atoms. The van der Waals surface area contributed by atoms with Gasteiger partial charge in [0.15, 0.2) is 0 Å². The first-order chi connectivity index (χ1) is 8.11. The van der Waals surface area contributed by atoms with Gasteiger partial charge in [0.25, 0.3) is 0 Å². The largest absolute Gasteiger partial charge is 0.480 e. The van der Waals surface area contributed by atoms with E-state index in [1.807, 2.05) is 6.92 Å². The van der Waals surface area contributed by atoms with E-state index in [9.17, 15) is 9.59 Å². The fraction of sp³-hybridized carbons (Fsp3) is 0.636. The van der Waals surface area contributed by atoms with Crippen LogP contribution in [0.5, 0.6) is 0 Å². The number of rotatable bonds is 9. The van der Waals surface area contributed by atoms with Crippen LogP contribution in [0.1, 0.15) is 19.8 Å². The number of carboxylic acid groups (broad SMARTS) is 1. The molecule has 2 amide bonds. The van der Waals surface area contributed by atoms with Crippen molar-refractivity contribution in [1.82, 2.24) is 10.6 Å². The maximum Gasteiger partial charge on any atom is 0.326 e. The second-order valence-corrected chi connectivity index (χ2v) is 3.37. The molecule has 0 aliphatic heterocycles. The highest BCUT2D eigenvalue weighted by molar-refractivity contribution is 5.82. The summed E-state index contributed by atoms with van der Waals surface area (Å²) in [6, 6.07) is -1.42. The minimum absolute atomic E-state index is 0.196. The monoisotopic (exact) mass is 244 g/mol. The van der Waals surface area contributed by atoms with Crippen molar-refractivity contribution in [3.63, 3.8) is 0 Å². The van der Waals surface area contributed by atoms with Crippen LogP contribution >= 0.6 is 0 Å². The Morgan fingerprint density at radius 3 is 2.76 bits per heavy atom. The topological polar surface area (TPSA) is 87.7 Å². The van der Waals surface area contributed by atoms with Crippen LogP contribution in [0.15, 0.2) is 12.7 Å². The van der Waals surface area contributed by atoms with Crippen molar-refractivity contribution in [2.24, 2.45) is 0 Å². The third-order valence-corrected chi connectivity index (χ3v) is 1.96. The van der Waals surface area contributed by atoms with E-state index in [0.717, 1.165) is 0 Å². The SMILES string of the molecule is C=CCC(NC(=O)NCCCOCC)C(=O)O. The Hall–Kier alpha value is -1.56. The van der Waals surface area contributed by atoms with E-state index in [0.29, 0.717) is 26.2 Å². The lowest BCUT2D eigenvalue weighted by molar-refractivity contribution is -0.139. The Kier molecular flexibility index (Phi) is 8.77. The molecule has 0 spiro atoms. The molecule has 0 saturated heterocycles. The van der Waals surface area contributed by atoms with Crippen LogP contribution < -0.4 is 10.6 Å². The van der Waals surface area contributed by atoms with Crippen LogP contribution in [0, 0.1) is 0 Å². The summed E-state index contributed by atoms with van der Waals surface area (Å²) in [7, 11) is 0. The van der Waals surface area contributed by atoms with Gasteiger partial charge in [-0.1, -0.05) is 6.08 Å². The minimum Gasteiger partial charge on any atom is -0.480 e. The zero-order valence-corrected chi connectivity index (χ0v) is 10.1. The van der Waals surface area contributed by atoms with Gasteiger partial charge in [-0.05, 0) is 19.8 Å². The van der Waals surface area contributed by atoms with Crippen LogP contribution in [0.25, 0.3) is 0 Å². The number of hydrogen-bond donors (Lipinski definition) is 3. The molecule has 0 heterocycles. The first kappa shape index (κ1) is 15.4. The molecule has 98 valence electrons. The molecule has 0 fully saturated rings. The molecule has 0 aromatic heterocycles. The summed E-state index contributed by atoms with van der Waals surface area (Å²) in [6.07, 6.45) is 2.34. The molecule has 6 heteroatoms. The van der Waals surface area contributed by atoms with Crippen molar-refractivity contribution in [2.45, 2.75) is 25.8 Å². The molecule has 3 N–H and O–H groups in total. The van der Waals surface area contributed by atoms with E-state index in [1.54, 1.807) is 0 Å². The highest BCUT2D eigenvalue weighted by atomic mass is 16.5. The van der Waals surface area contributed by atoms with Gasteiger partial charge in [-0.15, -0.1) is 6.58 Å². The van der Waals surface area contributed by atoms with E-state index in [1.165, 1.54) is 6.08 Å². The Morgan fingerprint density at radius 2 is 2.24 bits per heavy atom. The summed E-state index contributed by atoms with van der Waals surface area (Å²) in [6.45, 7) is 7.00. The van der Waals surface area contributed by atoms with E-state index < -0.39 is 18.0 Å². The maximum atomic E-state index is 11.3. The molecule has 1 atom stereocenters. The maximum absolute atomic E-state index is 11.3. The van der Waals surface area contributed by atoms with Crippen molar-refractivity contribution in [2.75, 3.05) is 19.8 Å². The molecule has 0 saturated carbocycles. The number of urea groups is 1. The zero-order chi connectivity index (χ0) is 13.1. The summed E-state index contributed by atoms with van der Waals surface area (Å²) < 4.78 is 5.09. The second-order valence-electron chi connectivity index (χ2n) is 3.37. The van der Waals surface area contributed by atoms with Crippen LogP contribution in [0.3, 0.4) is 0 Å². The lowest BCUT2D eigenvalue weighted by Crippen LogP contribution is -2.46. The lowest BCUT2D eigenvalue weighted by atomic mass is 10.2. The number of nitrogens with one attached hydrogen (secondary N) is 2. The Labute approximate surface area is 101 Å². The number of carbonyl (C=O) groups is 2. The van der Waals surface area contributed by atoms with Gasteiger partial charge in [0.05, 0.1) is 0 Å². The Bertz CT molecular complexity index is 256. The molecule has 0 bridgehead atoms. The summed E-state index contributed by atoms with van der Waals surface area (Å²) in [4.78, 5) is 22.0. The molecule has 1 unspecified atom stereocenters. The molecule has 0 rings (SSSR count). The van der Waals surface area contributed by atoms with Crippen molar-refractivity contribution in [3.05, 3.63) is 12.7 Å². The Morgan fingerprint density at radius 1 is 1.53 bits per heavy atom. The third kappa shape index (κ3) is 8.27. The average molecular weight is 244 g/mol. The predicted molar refractivity (Wildman–Crippen MR) is 63.9 cm³/mol.